The number of fused-ring (bicyclic) bond motifs is 1. The van der Waals surface area contributed by atoms with Gasteiger partial charge in [-0.25, -0.2) is 0 Å². The molecule has 2 amide bonds. The standard InChI is InChI=1S/C31H43N3O4/c1-5-37-27-16-15-24(21-28(27)38-6-2)17-20-34-29(25-13-7-8-14-26(25)31(34)36)30(35)32-18-10-19-33-22(3)11-9-12-23(33)4/h7-8,13-16,21-23,29H,5-6,9-12,17-20H2,1-4H3,(H,32,35)/t22-,23-,29-/m1/s1. The van der Waals surface area contributed by atoms with E-state index >= 15 is 0 Å². The third-order valence-electron chi connectivity index (χ3n) is 7.82. The van der Waals surface area contributed by atoms with Crippen molar-refractivity contribution in [2.24, 2.45) is 0 Å². The van der Waals surface area contributed by atoms with Crippen LogP contribution in [0.1, 0.15) is 80.9 Å². The first-order chi connectivity index (χ1) is 18.4. The van der Waals surface area contributed by atoms with E-state index in [-0.39, 0.29) is 11.8 Å². The third-order valence-corrected chi connectivity index (χ3v) is 7.82. The van der Waals surface area contributed by atoms with Crippen LogP contribution in [0, 0.1) is 0 Å². The fraction of sp³-hybridized carbons (Fsp3) is 0.548. The van der Waals surface area contributed by atoms with Gasteiger partial charge in [-0.3, -0.25) is 14.5 Å². The summed E-state index contributed by atoms with van der Waals surface area (Å²) in [5.74, 6) is 1.22. The van der Waals surface area contributed by atoms with E-state index in [1.54, 1.807) is 4.90 Å². The molecule has 0 radical (unpaired) electrons. The van der Waals surface area contributed by atoms with Gasteiger partial charge in [0.1, 0.15) is 6.04 Å². The molecule has 3 atom stereocenters. The molecule has 0 aliphatic carbocycles. The van der Waals surface area contributed by atoms with Gasteiger partial charge in [-0.15, -0.1) is 0 Å². The lowest BCUT2D eigenvalue weighted by Gasteiger charge is -2.39. The van der Waals surface area contributed by atoms with Gasteiger partial charge in [0, 0.05) is 37.3 Å². The van der Waals surface area contributed by atoms with Gasteiger partial charge in [0.05, 0.1) is 13.2 Å². The molecular formula is C31H43N3O4. The summed E-state index contributed by atoms with van der Waals surface area (Å²) in [7, 11) is 0. The molecule has 2 aliphatic heterocycles. The minimum atomic E-state index is -0.611. The number of likely N-dealkylation sites (tertiary alicyclic amines) is 1. The Kier molecular flexibility index (Phi) is 9.67. The molecule has 2 heterocycles. The average Bonchev–Trinajstić information content (AvgIpc) is 3.19. The van der Waals surface area contributed by atoms with Crippen LogP contribution in [0.5, 0.6) is 11.5 Å². The Morgan fingerprint density at radius 2 is 1.68 bits per heavy atom. The molecule has 38 heavy (non-hydrogen) atoms. The lowest BCUT2D eigenvalue weighted by atomic mass is 9.97. The molecule has 1 N–H and O–H groups in total. The zero-order chi connectivity index (χ0) is 27.1. The van der Waals surface area contributed by atoms with E-state index in [1.165, 1.54) is 19.3 Å². The molecule has 2 aromatic carbocycles. The van der Waals surface area contributed by atoms with Gasteiger partial charge < -0.3 is 19.7 Å². The summed E-state index contributed by atoms with van der Waals surface area (Å²) in [6.45, 7) is 11.6. The summed E-state index contributed by atoms with van der Waals surface area (Å²) in [5, 5.41) is 3.13. The van der Waals surface area contributed by atoms with E-state index in [4.69, 9.17) is 9.47 Å². The van der Waals surface area contributed by atoms with E-state index in [1.807, 2.05) is 56.3 Å². The molecule has 0 unspecified atom stereocenters. The number of nitrogens with zero attached hydrogens (tertiary/aromatic N) is 2. The summed E-state index contributed by atoms with van der Waals surface area (Å²) < 4.78 is 11.5. The smallest absolute Gasteiger partial charge is 0.255 e. The Labute approximate surface area is 227 Å². The van der Waals surface area contributed by atoms with E-state index in [9.17, 15) is 9.59 Å². The monoisotopic (exact) mass is 521 g/mol. The van der Waals surface area contributed by atoms with Crippen LogP contribution < -0.4 is 14.8 Å². The number of rotatable bonds is 12. The predicted molar refractivity (Wildman–Crippen MR) is 150 cm³/mol. The van der Waals surface area contributed by atoms with Crippen molar-refractivity contribution in [2.45, 2.75) is 77.9 Å². The topological polar surface area (TPSA) is 71.1 Å². The van der Waals surface area contributed by atoms with Gasteiger partial charge >= 0.3 is 0 Å². The molecule has 7 heteroatoms. The van der Waals surface area contributed by atoms with Gasteiger partial charge in [-0.05, 0) is 82.7 Å². The van der Waals surface area contributed by atoms with Gasteiger partial charge in [0.2, 0.25) is 5.91 Å². The fourth-order valence-corrected chi connectivity index (χ4v) is 5.87. The van der Waals surface area contributed by atoms with Crippen molar-refractivity contribution in [3.05, 3.63) is 59.2 Å². The molecule has 0 bridgehead atoms. The molecule has 4 rings (SSSR count). The summed E-state index contributed by atoms with van der Waals surface area (Å²) in [5.41, 5.74) is 2.44. The molecule has 206 valence electrons. The van der Waals surface area contributed by atoms with Gasteiger partial charge in [0.25, 0.3) is 5.91 Å². The second-order valence-corrected chi connectivity index (χ2v) is 10.4. The van der Waals surface area contributed by atoms with Crippen molar-refractivity contribution < 1.29 is 19.1 Å². The highest BCUT2D eigenvalue weighted by atomic mass is 16.5. The molecule has 0 spiro atoms. The molecule has 7 nitrogen and oxygen atoms in total. The number of hydrogen-bond acceptors (Lipinski definition) is 5. The number of carbonyl (C=O) groups is 2. The summed E-state index contributed by atoms with van der Waals surface area (Å²) in [6.07, 6.45) is 5.29. The van der Waals surface area contributed by atoms with Crippen molar-refractivity contribution in [2.75, 3.05) is 32.8 Å². The van der Waals surface area contributed by atoms with Crippen LogP contribution in [0.25, 0.3) is 0 Å². The normalized spacial score (nSPS) is 21.3. The van der Waals surface area contributed by atoms with E-state index in [0.29, 0.717) is 61.9 Å². The molecular weight excluding hydrogens is 478 g/mol. The van der Waals surface area contributed by atoms with Crippen LogP contribution in [0.2, 0.25) is 0 Å². The molecule has 0 saturated carbocycles. The average molecular weight is 522 g/mol. The first-order valence-corrected chi connectivity index (χ1v) is 14.3. The van der Waals surface area contributed by atoms with Crippen molar-refractivity contribution in [1.29, 1.82) is 0 Å². The quantitative estimate of drug-likeness (QED) is 0.399. The SMILES string of the molecule is CCOc1ccc(CCN2C(=O)c3ccccc3[C@@H]2C(=O)NCCCN2[C@H](C)CCC[C@H]2C)cc1OCC. The van der Waals surface area contributed by atoms with Crippen LogP contribution in [-0.4, -0.2) is 66.5 Å². The van der Waals surface area contributed by atoms with Crippen LogP contribution in [-0.2, 0) is 11.2 Å². The Morgan fingerprint density at radius 1 is 0.974 bits per heavy atom. The number of amides is 2. The van der Waals surface area contributed by atoms with Crippen molar-refractivity contribution in [1.82, 2.24) is 15.1 Å². The Bertz CT molecular complexity index is 1090. The number of carbonyl (C=O) groups excluding carboxylic acids is 2. The summed E-state index contributed by atoms with van der Waals surface area (Å²) in [6, 6.07) is 13.9. The largest absolute Gasteiger partial charge is 0.490 e. The van der Waals surface area contributed by atoms with Gasteiger partial charge in [-0.2, -0.15) is 0 Å². The van der Waals surface area contributed by atoms with Crippen molar-refractivity contribution >= 4 is 11.8 Å². The molecule has 2 aromatic rings. The maximum atomic E-state index is 13.5. The minimum absolute atomic E-state index is 0.0901. The lowest BCUT2D eigenvalue weighted by Crippen LogP contribution is -2.45. The Hall–Kier alpha value is -3.06. The molecule has 1 fully saturated rings. The lowest BCUT2D eigenvalue weighted by molar-refractivity contribution is -0.125. The number of nitrogens with one attached hydrogen (secondary N) is 1. The van der Waals surface area contributed by atoms with Crippen LogP contribution in [0.4, 0.5) is 0 Å². The summed E-state index contributed by atoms with van der Waals surface area (Å²) in [4.78, 5) is 31.1. The fourth-order valence-electron chi connectivity index (χ4n) is 5.87. The van der Waals surface area contributed by atoms with E-state index < -0.39 is 6.04 Å². The predicted octanol–water partition coefficient (Wildman–Crippen LogP) is 4.99. The first kappa shape index (κ1) is 28.0. The minimum Gasteiger partial charge on any atom is -0.490 e. The Balaban J connectivity index is 1.41. The molecule has 1 saturated heterocycles. The van der Waals surface area contributed by atoms with Crippen molar-refractivity contribution in [3.63, 3.8) is 0 Å². The third kappa shape index (κ3) is 6.32. The number of piperidine rings is 1. The molecule has 2 aliphatic rings. The highest BCUT2D eigenvalue weighted by Gasteiger charge is 2.40. The number of hydrogen-bond donors (Lipinski definition) is 1. The van der Waals surface area contributed by atoms with Gasteiger partial charge in [-0.1, -0.05) is 30.7 Å². The maximum Gasteiger partial charge on any atom is 0.255 e. The zero-order valence-electron chi connectivity index (χ0n) is 23.4. The van der Waals surface area contributed by atoms with Crippen LogP contribution >= 0.6 is 0 Å². The van der Waals surface area contributed by atoms with E-state index in [0.717, 1.165) is 24.1 Å². The highest BCUT2D eigenvalue weighted by molar-refractivity contribution is 6.04. The van der Waals surface area contributed by atoms with Crippen LogP contribution in [0.15, 0.2) is 42.5 Å². The van der Waals surface area contributed by atoms with Gasteiger partial charge in [0.15, 0.2) is 11.5 Å². The number of benzene rings is 2. The van der Waals surface area contributed by atoms with Crippen molar-refractivity contribution in [3.8, 4) is 11.5 Å². The molecule has 0 aromatic heterocycles. The highest BCUT2D eigenvalue weighted by Crippen LogP contribution is 2.35. The second kappa shape index (κ2) is 13.1. The first-order valence-electron chi connectivity index (χ1n) is 14.3. The van der Waals surface area contributed by atoms with E-state index in [2.05, 4.69) is 24.1 Å². The summed E-state index contributed by atoms with van der Waals surface area (Å²) >= 11 is 0. The second-order valence-electron chi connectivity index (χ2n) is 10.4. The zero-order valence-corrected chi connectivity index (χ0v) is 23.4. The van der Waals surface area contributed by atoms with Crippen LogP contribution in [0.3, 0.4) is 0 Å². The number of ether oxygens (including phenoxy) is 2. The maximum absolute atomic E-state index is 13.5. The Morgan fingerprint density at radius 3 is 2.42 bits per heavy atom.